The molecule has 0 aromatic carbocycles. The van der Waals surface area contributed by atoms with Crippen molar-refractivity contribution in [3.05, 3.63) is 23.7 Å². The Labute approximate surface area is 102 Å². The summed E-state index contributed by atoms with van der Waals surface area (Å²) in [6.07, 6.45) is 5.97. The van der Waals surface area contributed by atoms with Crippen LogP contribution in [0.2, 0.25) is 0 Å². The summed E-state index contributed by atoms with van der Waals surface area (Å²) in [4.78, 5) is 0. The molecule has 3 N–H and O–H groups in total. The van der Waals surface area contributed by atoms with E-state index in [9.17, 15) is 5.11 Å². The molecule has 17 heavy (non-hydrogen) atoms. The summed E-state index contributed by atoms with van der Waals surface area (Å²) in [7, 11) is 0. The van der Waals surface area contributed by atoms with Gasteiger partial charge in [0.2, 0.25) is 0 Å². The number of aliphatic hydroxyl groups is 1. The second kappa shape index (κ2) is 3.85. The molecule has 3 nitrogen and oxygen atoms in total. The lowest BCUT2D eigenvalue weighted by Crippen LogP contribution is -2.41. The van der Waals surface area contributed by atoms with Gasteiger partial charge < -0.3 is 15.3 Å². The molecule has 3 heteroatoms. The molecule has 2 fully saturated rings. The highest BCUT2D eigenvalue weighted by Gasteiger charge is 2.55. The van der Waals surface area contributed by atoms with Crippen LogP contribution in [0.1, 0.15) is 43.1 Å². The van der Waals surface area contributed by atoms with Crippen molar-refractivity contribution in [2.45, 2.75) is 38.7 Å². The fraction of sp³-hybridized carbons (Fsp3) is 0.714. The summed E-state index contributed by atoms with van der Waals surface area (Å²) >= 11 is 0. The summed E-state index contributed by atoms with van der Waals surface area (Å²) in [5.74, 6) is 2.08. The topological polar surface area (TPSA) is 59.4 Å². The van der Waals surface area contributed by atoms with Crippen molar-refractivity contribution in [2.75, 3.05) is 6.54 Å². The zero-order chi connectivity index (χ0) is 12.0. The highest BCUT2D eigenvalue weighted by Crippen LogP contribution is 2.60. The van der Waals surface area contributed by atoms with Crippen molar-refractivity contribution in [2.24, 2.45) is 23.0 Å². The Bertz CT molecular complexity index is 414. The number of hydrogen-bond acceptors (Lipinski definition) is 3. The Morgan fingerprint density at radius 3 is 2.88 bits per heavy atom. The Kier molecular flexibility index (Phi) is 2.56. The fourth-order valence-electron chi connectivity index (χ4n) is 4.11. The summed E-state index contributed by atoms with van der Waals surface area (Å²) in [6, 6.07) is 1.91. The van der Waals surface area contributed by atoms with Gasteiger partial charge in [-0.3, -0.25) is 0 Å². The maximum atomic E-state index is 10.7. The average molecular weight is 235 g/mol. The number of rotatable bonds is 3. The van der Waals surface area contributed by atoms with Gasteiger partial charge in [0.05, 0.1) is 6.26 Å². The van der Waals surface area contributed by atoms with Crippen LogP contribution in [0.15, 0.2) is 16.7 Å². The van der Waals surface area contributed by atoms with Crippen LogP contribution >= 0.6 is 0 Å². The van der Waals surface area contributed by atoms with Gasteiger partial charge in [0, 0.05) is 12.0 Å². The molecule has 0 spiro atoms. The van der Waals surface area contributed by atoms with Crippen molar-refractivity contribution in [3.8, 4) is 0 Å². The molecule has 1 aromatic rings. The van der Waals surface area contributed by atoms with Crippen LogP contribution < -0.4 is 5.73 Å². The summed E-state index contributed by atoms with van der Waals surface area (Å²) in [5.41, 5.74) is 6.91. The summed E-state index contributed by atoms with van der Waals surface area (Å²) in [6.45, 7) is 2.55. The molecular formula is C14H21NO2. The van der Waals surface area contributed by atoms with Crippen LogP contribution in [0.25, 0.3) is 0 Å². The summed E-state index contributed by atoms with van der Waals surface area (Å²) in [5, 5.41) is 10.7. The molecule has 2 bridgehead atoms. The van der Waals surface area contributed by atoms with Crippen molar-refractivity contribution in [1.82, 2.24) is 0 Å². The minimum atomic E-state index is -0.530. The lowest BCUT2D eigenvalue weighted by atomic mass is 9.68. The molecule has 2 aliphatic carbocycles. The van der Waals surface area contributed by atoms with Gasteiger partial charge in [0.15, 0.2) is 0 Å². The van der Waals surface area contributed by atoms with Crippen molar-refractivity contribution < 1.29 is 9.52 Å². The van der Waals surface area contributed by atoms with Crippen LogP contribution in [0.5, 0.6) is 0 Å². The molecule has 2 saturated carbocycles. The van der Waals surface area contributed by atoms with Gasteiger partial charge >= 0.3 is 0 Å². The Balaban J connectivity index is 1.94. The first kappa shape index (κ1) is 11.3. The van der Waals surface area contributed by atoms with Crippen LogP contribution in [-0.4, -0.2) is 11.7 Å². The van der Waals surface area contributed by atoms with Crippen molar-refractivity contribution >= 4 is 0 Å². The fourth-order valence-corrected chi connectivity index (χ4v) is 4.11. The van der Waals surface area contributed by atoms with E-state index in [0.29, 0.717) is 12.5 Å². The smallest absolute Gasteiger partial charge is 0.135 e. The lowest BCUT2D eigenvalue weighted by molar-refractivity contribution is -0.0264. The first-order valence-electron chi connectivity index (χ1n) is 6.59. The van der Waals surface area contributed by atoms with Crippen molar-refractivity contribution in [3.63, 3.8) is 0 Å². The van der Waals surface area contributed by atoms with E-state index >= 15 is 0 Å². The molecule has 4 unspecified atom stereocenters. The zero-order valence-electron chi connectivity index (χ0n) is 10.4. The molecule has 0 amide bonds. The monoisotopic (exact) mass is 235 g/mol. The van der Waals surface area contributed by atoms with E-state index in [2.05, 4.69) is 0 Å². The van der Waals surface area contributed by atoms with Gasteiger partial charge in [-0.25, -0.2) is 0 Å². The third-order valence-corrected chi connectivity index (χ3v) is 5.10. The quantitative estimate of drug-likeness (QED) is 0.845. The number of aryl methyl sites for hydroxylation is 1. The molecule has 3 rings (SSSR count). The highest BCUT2D eigenvalue weighted by molar-refractivity contribution is 5.21. The number of furan rings is 1. The van der Waals surface area contributed by atoms with Crippen LogP contribution in [0.4, 0.5) is 0 Å². The van der Waals surface area contributed by atoms with E-state index in [1.165, 1.54) is 19.3 Å². The van der Waals surface area contributed by atoms with Gasteiger partial charge in [-0.15, -0.1) is 0 Å². The number of hydrogen-bond donors (Lipinski definition) is 2. The maximum absolute atomic E-state index is 10.7. The highest BCUT2D eigenvalue weighted by atomic mass is 16.4. The maximum Gasteiger partial charge on any atom is 0.135 e. The Morgan fingerprint density at radius 1 is 1.59 bits per heavy atom. The van der Waals surface area contributed by atoms with E-state index in [0.717, 1.165) is 23.7 Å². The minimum absolute atomic E-state index is 0.133. The average Bonchev–Trinajstić information content (AvgIpc) is 3.02. The predicted octanol–water partition coefficient (Wildman–Crippen LogP) is 2.39. The van der Waals surface area contributed by atoms with Crippen LogP contribution in [-0.2, 0) is 0 Å². The third kappa shape index (κ3) is 1.49. The van der Waals surface area contributed by atoms with Gasteiger partial charge in [-0.2, -0.15) is 0 Å². The Morgan fingerprint density at radius 2 is 2.41 bits per heavy atom. The normalized spacial score (nSPS) is 37.6. The Hall–Kier alpha value is -0.800. The van der Waals surface area contributed by atoms with E-state index in [4.69, 9.17) is 10.2 Å². The SMILES string of the molecule is Cc1ccoc1C(O)C1(CN)CC2CCC1C2. The number of nitrogens with two attached hydrogens (primary N) is 1. The molecule has 94 valence electrons. The van der Waals surface area contributed by atoms with Crippen LogP contribution in [0, 0.1) is 24.2 Å². The van der Waals surface area contributed by atoms with Crippen molar-refractivity contribution in [1.29, 1.82) is 0 Å². The van der Waals surface area contributed by atoms with E-state index in [1.807, 2.05) is 13.0 Å². The lowest BCUT2D eigenvalue weighted by Gasteiger charge is -2.40. The van der Waals surface area contributed by atoms with E-state index in [1.54, 1.807) is 6.26 Å². The molecule has 1 aromatic heterocycles. The van der Waals surface area contributed by atoms with Gasteiger partial charge in [0.1, 0.15) is 11.9 Å². The molecule has 2 aliphatic rings. The molecule has 0 aliphatic heterocycles. The van der Waals surface area contributed by atoms with Crippen LogP contribution in [0.3, 0.4) is 0 Å². The van der Waals surface area contributed by atoms with E-state index < -0.39 is 6.10 Å². The second-order valence-corrected chi connectivity index (χ2v) is 5.89. The molecule has 0 saturated heterocycles. The third-order valence-electron chi connectivity index (χ3n) is 5.10. The first-order chi connectivity index (χ1) is 8.17. The molecular weight excluding hydrogens is 214 g/mol. The molecule has 4 atom stereocenters. The van der Waals surface area contributed by atoms with Gasteiger partial charge in [0.25, 0.3) is 0 Å². The zero-order valence-corrected chi connectivity index (χ0v) is 10.4. The van der Waals surface area contributed by atoms with Gasteiger partial charge in [-0.1, -0.05) is 6.42 Å². The first-order valence-corrected chi connectivity index (χ1v) is 6.59. The van der Waals surface area contributed by atoms with E-state index in [-0.39, 0.29) is 5.41 Å². The van der Waals surface area contributed by atoms with Gasteiger partial charge in [-0.05, 0) is 49.7 Å². The standard InChI is InChI=1S/C14H21NO2/c1-9-4-5-17-12(9)13(16)14(8-15)7-10-2-3-11(14)6-10/h4-5,10-11,13,16H,2-3,6-8,15H2,1H3. The largest absolute Gasteiger partial charge is 0.466 e. The number of aliphatic hydroxyl groups excluding tert-OH is 1. The molecule has 1 heterocycles. The molecule has 0 radical (unpaired) electrons. The second-order valence-electron chi connectivity index (χ2n) is 5.89. The predicted molar refractivity (Wildman–Crippen MR) is 65.3 cm³/mol. The minimum Gasteiger partial charge on any atom is -0.466 e. The summed E-state index contributed by atoms with van der Waals surface area (Å²) < 4.78 is 5.47. The number of fused-ring (bicyclic) bond motifs is 2.